The maximum absolute atomic E-state index is 11.7. The smallest absolute Gasteiger partial charge is 0.246 e. The topological polar surface area (TPSA) is 125 Å². The molecule has 0 radical (unpaired) electrons. The molecular formula is C13H15N5O4. The Bertz CT molecular complexity index is 683. The van der Waals surface area contributed by atoms with Crippen molar-refractivity contribution in [2.75, 3.05) is 20.0 Å². The van der Waals surface area contributed by atoms with Gasteiger partial charge in [0, 0.05) is 5.56 Å². The zero-order valence-electron chi connectivity index (χ0n) is 12.1. The van der Waals surface area contributed by atoms with E-state index in [4.69, 9.17) is 15.2 Å². The molecule has 0 fully saturated rings. The van der Waals surface area contributed by atoms with Crippen molar-refractivity contribution >= 4 is 17.9 Å². The van der Waals surface area contributed by atoms with E-state index >= 15 is 0 Å². The molecule has 22 heavy (non-hydrogen) atoms. The highest BCUT2D eigenvalue weighted by molar-refractivity contribution is 5.86. The highest BCUT2D eigenvalue weighted by atomic mass is 16.6. The summed E-state index contributed by atoms with van der Waals surface area (Å²) in [6.45, 7) is 0. The van der Waals surface area contributed by atoms with E-state index in [1.807, 2.05) is 0 Å². The Morgan fingerprint density at radius 1 is 1.41 bits per heavy atom. The number of rotatable bonds is 6. The lowest BCUT2D eigenvalue weighted by molar-refractivity contribution is -0.120. The minimum absolute atomic E-state index is 0.0774. The number of ether oxygens (including phenoxy) is 2. The lowest BCUT2D eigenvalue weighted by Gasteiger charge is -2.06. The third kappa shape index (κ3) is 3.72. The normalized spacial score (nSPS) is 10.6. The second-order valence-electron chi connectivity index (χ2n) is 4.17. The summed E-state index contributed by atoms with van der Waals surface area (Å²) in [5.41, 5.74) is 8.73. The van der Waals surface area contributed by atoms with Crippen LogP contribution in [0.3, 0.4) is 0 Å². The molecule has 0 saturated carbocycles. The van der Waals surface area contributed by atoms with Gasteiger partial charge in [-0.1, -0.05) is 5.16 Å². The highest BCUT2D eigenvalue weighted by Gasteiger charge is 2.11. The number of hydrazone groups is 1. The van der Waals surface area contributed by atoms with Gasteiger partial charge in [-0.05, 0) is 23.4 Å². The van der Waals surface area contributed by atoms with Crippen molar-refractivity contribution in [1.29, 1.82) is 0 Å². The van der Waals surface area contributed by atoms with Crippen molar-refractivity contribution < 1.29 is 18.9 Å². The van der Waals surface area contributed by atoms with Crippen LogP contribution in [0, 0.1) is 0 Å². The largest absolute Gasteiger partial charge is 0.497 e. The molecule has 0 aliphatic heterocycles. The fourth-order valence-electron chi connectivity index (χ4n) is 1.64. The van der Waals surface area contributed by atoms with Gasteiger partial charge >= 0.3 is 0 Å². The van der Waals surface area contributed by atoms with Gasteiger partial charge in [0.15, 0.2) is 5.82 Å². The maximum Gasteiger partial charge on any atom is 0.246 e. The van der Waals surface area contributed by atoms with E-state index in [1.165, 1.54) is 13.3 Å². The molecule has 0 atom stereocenters. The summed E-state index contributed by atoms with van der Waals surface area (Å²) in [6, 6.07) is 5.23. The van der Waals surface area contributed by atoms with Gasteiger partial charge in [-0.2, -0.15) is 5.10 Å². The Morgan fingerprint density at radius 2 is 2.23 bits per heavy atom. The van der Waals surface area contributed by atoms with E-state index in [0.717, 1.165) is 0 Å². The quantitative estimate of drug-likeness (QED) is 0.583. The second-order valence-corrected chi connectivity index (χ2v) is 4.17. The number of benzene rings is 1. The molecule has 9 heteroatoms. The molecule has 9 nitrogen and oxygen atoms in total. The molecule has 0 unspecified atom stereocenters. The first-order chi connectivity index (χ1) is 10.6. The summed E-state index contributed by atoms with van der Waals surface area (Å²) >= 11 is 0. The van der Waals surface area contributed by atoms with Crippen molar-refractivity contribution in [3.8, 4) is 11.5 Å². The molecule has 0 aliphatic rings. The van der Waals surface area contributed by atoms with Crippen LogP contribution in [-0.2, 0) is 11.2 Å². The zero-order chi connectivity index (χ0) is 15.9. The fourth-order valence-corrected chi connectivity index (χ4v) is 1.64. The Balaban J connectivity index is 2.00. The number of aromatic nitrogens is 2. The van der Waals surface area contributed by atoms with Gasteiger partial charge in [-0.25, -0.2) is 10.1 Å². The van der Waals surface area contributed by atoms with Crippen LogP contribution in [0.25, 0.3) is 0 Å². The minimum atomic E-state index is -0.402. The molecule has 0 bridgehead atoms. The summed E-state index contributed by atoms with van der Waals surface area (Å²) in [5, 5.41) is 10.7. The van der Waals surface area contributed by atoms with Gasteiger partial charge in [0.05, 0.1) is 26.9 Å². The predicted molar refractivity (Wildman–Crippen MR) is 77.7 cm³/mol. The maximum atomic E-state index is 11.7. The second kappa shape index (κ2) is 7.07. The number of hydrogen-bond acceptors (Lipinski definition) is 8. The van der Waals surface area contributed by atoms with Crippen LogP contribution in [0.2, 0.25) is 0 Å². The molecule has 0 spiro atoms. The van der Waals surface area contributed by atoms with Crippen LogP contribution >= 0.6 is 0 Å². The van der Waals surface area contributed by atoms with E-state index in [9.17, 15) is 4.79 Å². The number of anilines is 1. The summed E-state index contributed by atoms with van der Waals surface area (Å²) in [6.07, 6.45) is 1.37. The summed E-state index contributed by atoms with van der Waals surface area (Å²) in [4.78, 5) is 11.7. The fraction of sp³-hybridized carbons (Fsp3) is 0.231. The first kappa shape index (κ1) is 15.3. The number of amides is 1. The van der Waals surface area contributed by atoms with E-state index in [1.54, 1.807) is 25.3 Å². The molecule has 0 aliphatic carbocycles. The minimum Gasteiger partial charge on any atom is -0.497 e. The van der Waals surface area contributed by atoms with E-state index in [2.05, 4.69) is 25.5 Å². The van der Waals surface area contributed by atoms with Crippen LogP contribution in [0.1, 0.15) is 11.3 Å². The molecule has 3 N–H and O–H groups in total. The molecular weight excluding hydrogens is 290 g/mol. The van der Waals surface area contributed by atoms with Gasteiger partial charge in [-0.3, -0.25) is 4.79 Å². The Morgan fingerprint density at radius 3 is 2.86 bits per heavy atom. The molecule has 2 aromatic rings. The van der Waals surface area contributed by atoms with Crippen LogP contribution in [-0.4, -0.2) is 36.7 Å². The Hall–Kier alpha value is -3.10. The van der Waals surface area contributed by atoms with Crippen molar-refractivity contribution in [1.82, 2.24) is 15.7 Å². The summed E-state index contributed by atoms with van der Waals surface area (Å²) in [7, 11) is 3.10. The average molecular weight is 305 g/mol. The monoisotopic (exact) mass is 305 g/mol. The number of nitrogens with one attached hydrogen (secondary N) is 1. The third-order valence-electron chi connectivity index (χ3n) is 2.74. The molecule has 2 rings (SSSR count). The summed E-state index contributed by atoms with van der Waals surface area (Å²) in [5.74, 6) is 0.924. The van der Waals surface area contributed by atoms with E-state index in [-0.39, 0.29) is 17.9 Å². The van der Waals surface area contributed by atoms with E-state index in [0.29, 0.717) is 17.1 Å². The molecule has 1 aromatic carbocycles. The predicted octanol–water partition coefficient (Wildman–Crippen LogP) is 0.362. The van der Waals surface area contributed by atoms with Gasteiger partial charge < -0.3 is 15.2 Å². The third-order valence-corrected chi connectivity index (χ3v) is 2.74. The Labute approximate surface area is 126 Å². The van der Waals surface area contributed by atoms with Gasteiger partial charge in [0.25, 0.3) is 0 Å². The standard InChI is InChI=1S/C13H15N5O4/c1-20-9-3-4-11(21-2)8(5-9)7-15-16-12(19)6-10-13(14)18-22-17-10/h3-5,7H,6H2,1-2H3,(H2,14,18)(H,16,19)/b15-7+. The van der Waals surface area contributed by atoms with Crippen molar-refractivity contribution in [2.24, 2.45) is 5.10 Å². The van der Waals surface area contributed by atoms with E-state index < -0.39 is 5.91 Å². The zero-order valence-corrected chi connectivity index (χ0v) is 12.1. The molecule has 1 amide bonds. The highest BCUT2D eigenvalue weighted by Crippen LogP contribution is 2.22. The molecule has 116 valence electrons. The van der Waals surface area contributed by atoms with Gasteiger partial charge in [-0.15, -0.1) is 0 Å². The van der Waals surface area contributed by atoms with Gasteiger partial charge in [0.1, 0.15) is 17.2 Å². The number of hydrogen-bond donors (Lipinski definition) is 2. The first-order valence-electron chi connectivity index (χ1n) is 6.25. The molecule has 0 saturated heterocycles. The number of nitrogen functional groups attached to an aromatic ring is 1. The molecule has 1 aromatic heterocycles. The first-order valence-corrected chi connectivity index (χ1v) is 6.25. The average Bonchev–Trinajstić information content (AvgIpc) is 2.92. The number of carbonyl (C=O) groups is 1. The van der Waals surface area contributed by atoms with Crippen LogP contribution in [0.4, 0.5) is 5.82 Å². The van der Waals surface area contributed by atoms with Crippen molar-refractivity contribution in [2.45, 2.75) is 6.42 Å². The lowest BCUT2D eigenvalue weighted by Crippen LogP contribution is -2.20. The van der Waals surface area contributed by atoms with Crippen molar-refractivity contribution in [3.05, 3.63) is 29.5 Å². The molecule has 1 heterocycles. The van der Waals surface area contributed by atoms with Crippen LogP contribution in [0.5, 0.6) is 11.5 Å². The number of carbonyl (C=O) groups excluding carboxylic acids is 1. The van der Waals surface area contributed by atoms with Gasteiger partial charge in [0.2, 0.25) is 5.91 Å². The Kier molecular flexibility index (Phi) is 4.91. The number of nitrogens with two attached hydrogens (primary N) is 1. The number of nitrogens with zero attached hydrogens (tertiary/aromatic N) is 3. The lowest BCUT2D eigenvalue weighted by atomic mass is 10.2. The van der Waals surface area contributed by atoms with Crippen LogP contribution < -0.4 is 20.6 Å². The van der Waals surface area contributed by atoms with Crippen molar-refractivity contribution in [3.63, 3.8) is 0 Å². The SMILES string of the molecule is COc1ccc(OC)c(/C=N/NC(=O)Cc2nonc2N)c1. The van der Waals surface area contributed by atoms with Crippen LogP contribution in [0.15, 0.2) is 27.9 Å². The summed E-state index contributed by atoms with van der Waals surface area (Å²) < 4.78 is 14.7. The number of methoxy groups -OCH3 is 2.